The Balaban J connectivity index is 2.11. The molecule has 31 heavy (non-hydrogen) atoms. The van der Waals surface area contributed by atoms with E-state index in [-0.39, 0.29) is 25.8 Å². The van der Waals surface area contributed by atoms with Crippen molar-refractivity contribution < 1.29 is 24.1 Å². The number of hydrogen-bond donors (Lipinski definition) is 1. The fourth-order valence-electron chi connectivity index (χ4n) is 3.96. The number of aromatic carboxylic acids is 1. The second kappa shape index (κ2) is 9.33. The molecule has 5 nitrogen and oxygen atoms in total. The summed E-state index contributed by atoms with van der Waals surface area (Å²) in [5.41, 5.74) is 3.05. The first-order valence-electron chi connectivity index (χ1n) is 10.6. The second-order valence-electron chi connectivity index (χ2n) is 9.14. The Morgan fingerprint density at radius 1 is 1.10 bits per heavy atom. The topological polar surface area (TPSA) is 65.0 Å². The molecule has 0 aromatic heterocycles. The Bertz CT molecular complexity index is 951. The third-order valence-electron chi connectivity index (χ3n) is 5.94. The van der Waals surface area contributed by atoms with Gasteiger partial charge in [0.05, 0.1) is 0 Å². The molecule has 0 saturated carbocycles. The van der Waals surface area contributed by atoms with Gasteiger partial charge >= 0.3 is 191 Å². The van der Waals surface area contributed by atoms with Crippen LogP contribution < -0.4 is 13.7 Å². The van der Waals surface area contributed by atoms with Gasteiger partial charge in [0.25, 0.3) is 0 Å². The molecule has 1 N–H and O–H groups in total. The molecule has 0 aliphatic heterocycles. The maximum absolute atomic E-state index is 11.4. The van der Waals surface area contributed by atoms with Crippen LogP contribution in [0.4, 0.5) is 0 Å². The molecule has 0 fully saturated rings. The van der Waals surface area contributed by atoms with Crippen LogP contribution in [0.1, 0.15) is 68.9 Å². The predicted molar refractivity (Wildman–Crippen MR) is 123 cm³/mol. The SMILES string of the molecule is CCOC(OC)Oc1cc2c(cc1[Se]c1cccc(C(=O)O)c1)C(C)(C)CCC2(C)C. The summed E-state index contributed by atoms with van der Waals surface area (Å²) < 4.78 is 19.2. The summed E-state index contributed by atoms with van der Waals surface area (Å²) in [6, 6.07) is 11.5. The number of carboxylic acids is 1. The van der Waals surface area contributed by atoms with Gasteiger partial charge in [-0.1, -0.05) is 0 Å². The van der Waals surface area contributed by atoms with Crippen LogP contribution in [0.2, 0.25) is 0 Å². The first-order valence-corrected chi connectivity index (χ1v) is 12.3. The van der Waals surface area contributed by atoms with Crippen LogP contribution in [0.25, 0.3) is 0 Å². The summed E-state index contributed by atoms with van der Waals surface area (Å²) in [7, 11) is 1.56. The monoisotopic (exact) mass is 492 g/mol. The van der Waals surface area contributed by atoms with Crippen LogP contribution in [0.5, 0.6) is 5.75 Å². The van der Waals surface area contributed by atoms with Crippen molar-refractivity contribution in [3.63, 3.8) is 0 Å². The van der Waals surface area contributed by atoms with Gasteiger partial charge in [0.15, 0.2) is 0 Å². The Morgan fingerprint density at radius 3 is 2.32 bits per heavy atom. The molecule has 3 rings (SSSR count). The number of ether oxygens (including phenoxy) is 3. The molecule has 1 atom stereocenters. The van der Waals surface area contributed by atoms with Crippen molar-refractivity contribution in [3.8, 4) is 5.75 Å². The van der Waals surface area contributed by atoms with Crippen molar-refractivity contribution >= 4 is 29.8 Å². The first-order chi connectivity index (χ1) is 14.6. The molecule has 0 bridgehead atoms. The number of fused-ring (bicyclic) bond motifs is 1. The van der Waals surface area contributed by atoms with E-state index >= 15 is 0 Å². The molecular formula is C25H32O5Se. The third-order valence-corrected chi connectivity index (χ3v) is 8.10. The zero-order chi connectivity index (χ0) is 22.8. The number of benzene rings is 2. The molecule has 1 aliphatic carbocycles. The van der Waals surface area contributed by atoms with Gasteiger partial charge < -0.3 is 0 Å². The van der Waals surface area contributed by atoms with Crippen LogP contribution >= 0.6 is 0 Å². The van der Waals surface area contributed by atoms with Crippen LogP contribution in [-0.2, 0) is 20.3 Å². The number of hydrogen-bond acceptors (Lipinski definition) is 4. The van der Waals surface area contributed by atoms with Gasteiger partial charge in [0.2, 0.25) is 0 Å². The van der Waals surface area contributed by atoms with Gasteiger partial charge in [0.1, 0.15) is 0 Å². The Hall–Kier alpha value is -1.85. The van der Waals surface area contributed by atoms with Crippen molar-refractivity contribution in [3.05, 3.63) is 53.1 Å². The Kier molecular flexibility index (Phi) is 7.17. The van der Waals surface area contributed by atoms with Gasteiger partial charge in [-0.25, -0.2) is 0 Å². The van der Waals surface area contributed by atoms with Crippen LogP contribution in [0.15, 0.2) is 36.4 Å². The summed E-state index contributed by atoms with van der Waals surface area (Å²) in [5.74, 6) is -0.177. The zero-order valence-corrected chi connectivity index (χ0v) is 20.9. The Labute approximate surface area is 191 Å². The molecule has 0 saturated heterocycles. The van der Waals surface area contributed by atoms with Crippen molar-refractivity contribution in [1.82, 2.24) is 0 Å². The Morgan fingerprint density at radius 2 is 1.74 bits per heavy atom. The minimum absolute atomic E-state index is 0.0475. The van der Waals surface area contributed by atoms with E-state index in [0.29, 0.717) is 12.2 Å². The van der Waals surface area contributed by atoms with E-state index in [4.69, 9.17) is 14.2 Å². The van der Waals surface area contributed by atoms with E-state index in [0.717, 1.165) is 27.5 Å². The summed E-state index contributed by atoms with van der Waals surface area (Å²) in [5, 5.41) is 9.37. The summed E-state index contributed by atoms with van der Waals surface area (Å²) in [4.78, 5) is 11.4. The molecule has 168 valence electrons. The van der Waals surface area contributed by atoms with E-state index in [1.54, 1.807) is 25.3 Å². The summed E-state index contributed by atoms with van der Waals surface area (Å²) >= 11 is -0.141. The van der Waals surface area contributed by atoms with Crippen molar-refractivity contribution in [1.29, 1.82) is 0 Å². The second-order valence-corrected chi connectivity index (χ2v) is 11.5. The number of carboxylic acid groups (broad SMARTS) is 1. The van der Waals surface area contributed by atoms with Crippen LogP contribution in [0, 0.1) is 0 Å². The van der Waals surface area contributed by atoms with Gasteiger partial charge in [-0.15, -0.1) is 0 Å². The standard InChI is InChI=1S/C25H32O5Se/c1-7-29-23(28-6)30-20-14-18-19(25(4,5)12-11-24(18,2)3)15-21(20)31-17-10-8-9-16(13-17)22(26)27/h8-10,13-15,23H,7,11-12H2,1-6H3,(H,26,27). The summed E-state index contributed by atoms with van der Waals surface area (Å²) in [6.45, 7) is 10.7. The van der Waals surface area contributed by atoms with Gasteiger partial charge in [-0.3, -0.25) is 0 Å². The van der Waals surface area contributed by atoms with E-state index in [1.165, 1.54) is 11.1 Å². The molecule has 2 aromatic carbocycles. The fourth-order valence-corrected chi connectivity index (χ4v) is 5.99. The number of carbonyl (C=O) groups is 1. The van der Waals surface area contributed by atoms with E-state index in [2.05, 4.69) is 39.8 Å². The first kappa shape index (κ1) is 23.8. The van der Waals surface area contributed by atoms with E-state index in [1.807, 2.05) is 13.0 Å². The normalized spacial score (nSPS) is 17.6. The number of methoxy groups -OCH3 is 1. The van der Waals surface area contributed by atoms with Crippen molar-refractivity contribution in [2.45, 2.75) is 64.8 Å². The van der Waals surface area contributed by atoms with Crippen LogP contribution in [-0.4, -0.2) is 46.2 Å². The van der Waals surface area contributed by atoms with Gasteiger partial charge in [0, 0.05) is 0 Å². The minimum atomic E-state index is -0.918. The van der Waals surface area contributed by atoms with E-state index in [9.17, 15) is 9.90 Å². The predicted octanol–water partition coefficient (Wildman–Crippen LogP) is 3.73. The molecule has 0 radical (unpaired) electrons. The van der Waals surface area contributed by atoms with Crippen molar-refractivity contribution in [2.75, 3.05) is 13.7 Å². The molecule has 6 heteroatoms. The fraction of sp³-hybridized carbons (Fsp3) is 0.480. The molecule has 0 heterocycles. The molecule has 1 aliphatic rings. The average molecular weight is 491 g/mol. The molecule has 0 amide bonds. The average Bonchev–Trinajstić information content (AvgIpc) is 2.72. The third kappa shape index (κ3) is 5.32. The van der Waals surface area contributed by atoms with E-state index < -0.39 is 12.4 Å². The quantitative estimate of drug-likeness (QED) is 0.450. The van der Waals surface area contributed by atoms with Gasteiger partial charge in [-0.2, -0.15) is 0 Å². The van der Waals surface area contributed by atoms with Crippen LogP contribution in [0.3, 0.4) is 0 Å². The summed E-state index contributed by atoms with van der Waals surface area (Å²) in [6.07, 6.45) is 2.23. The van der Waals surface area contributed by atoms with Crippen molar-refractivity contribution in [2.24, 2.45) is 0 Å². The molecular weight excluding hydrogens is 459 g/mol. The maximum atomic E-state index is 11.4. The number of rotatable bonds is 8. The molecule has 0 spiro atoms. The van der Waals surface area contributed by atoms with Gasteiger partial charge in [-0.05, 0) is 0 Å². The molecule has 1 unspecified atom stereocenters. The molecule has 2 aromatic rings. The zero-order valence-electron chi connectivity index (χ0n) is 19.2.